The maximum absolute atomic E-state index is 11.5. The fraction of sp³-hybridized carbons (Fsp3) is 0.917. The molecule has 1 aliphatic rings. The van der Waals surface area contributed by atoms with E-state index in [0.29, 0.717) is 12.5 Å². The minimum atomic E-state index is -0.125. The standard InChI is InChI=1S/C12H24N2O2/c1-9(2)16-12(15)8-14-6-4-5-11(7-14)10(3)13/h9-11H,4-8,13H2,1-3H3. The fourth-order valence-electron chi connectivity index (χ4n) is 2.15. The molecule has 0 saturated carbocycles. The van der Waals surface area contributed by atoms with Gasteiger partial charge in [0.25, 0.3) is 0 Å². The largest absolute Gasteiger partial charge is 0.462 e. The third-order valence-electron chi connectivity index (χ3n) is 3.01. The van der Waals surface area contributed by atoms with Gasteiger partial charge in [0.2, 0.25) is 0 Å². The van der Waals surface area contributed by atoms with Gasteiger partial charge < -0.3 is 10.5 Å². The van der Waals surface area contributed by atoms with Crippen molar-refractivity contribution in [3.8, 4) is 0 Å². The molecule has 1 rings (SSSR count). The summed E-state index contributed by atoms with van der Waals surface area (Å²) in [5, 5.41) is 0. The van der Waals surface area contributed by atoms with Crippen LogP contribution in [0.15, 0.2) is 0 Å². The molecule has 0 bridgehead atoms. The molecule has 0 amide bonds. The maximum Gasteiger partial charge on any atom is 0.320 e. The Morgan fingerprint density at radius 1 is 1.50 bits per heavy atom. The molecule has 4 nitrogen and oxygen atoms in total. The number of hydrogen-bond donors (Lipinski definition) is 1. The summed E-state index contributed by atoms with van der Waals surface area (Å²) < 4.78 is 5.14. The molecule has 1 saturated heterocycles. The predicted molar refractivity (Wildman–Crippen MR) is 64.0 cm³/mol. The van der Waals surface area contributed by atoms with Gasteiger partial charge in [-0.3, -0.25) is 9.69 Å². The van der Waals surface area contributed by atoms with E-state index in [1.54, 1.807) is 0 Å². The number of rotatable bonds is 4. The van der Waals surface area contributed by atoms with E-state index in [1.807, 2.05) is 20.8 Å². The number of esters is 1. The van der Waals surface area contributed by atoms with Crippen LogP contribution in [0.25, 0.3) is 0 Å². The number of nitrogens with two attached hydrogens (primary N) is 1. The molecule has 0 aliphatic carbocycles. The summed E-state index contributed by atoms with van der Waals surface area (Å²) in [4.78, 5) is 13.7. The van der Waals surface area contributed by atoms with Crippen molar-refractivity contribution in [3.05, 3.63) is 0 Å². The highest BCUT2D eigenvalue weighted by Crippen LogP contribution is 2.18. The van der Waals surface area contributed by atoms with Crippen LogP contribution in [0, 0.1) is 5.92 Å². The van der Waals surface area contributed by atoms with Gasteiger partial charge in [-0.15, -0.1) is 0 Å². The Hall–Kier alpha value is -0.610. The Balaban J connectivity index is 2.34. The Labute approximate surface area is 98.1 Å². The van der Waals surface area contributed by atoms with Gasteiger partial charge >= 0.3 is 5.97 Å². The Kier molecular flexibility index (Phi) is 5.22. The Bertz CT molecular complexity index is 229. The van der Waals surface area contributed by atoms with Gasteiger partial charge in [-0.05, 0) is 46.1 Å². The summed E-state index contributed by atoms with van der Waals surface area (Å²) in [6.45, 7) is 8.10. The lowest BCUT2D eigenvalue weighted by Crippen LogP contribution is -2.44. The number of ether oxygens (including phenoxy) is 1. The van der Waals surface area contributed by atoms with Gasteiger partial charge in [-0.2, -0.15) is 0 Å². The molecule has 0 aromatic rings. The van der Waals surface area contributed by atoms with Gasteiger partial charge in [0, 0.05) is 12.6 Å². The molecule has 1 heterocycles. The smallest absolute Gasteiger partial charge is 0.320 e. The van der Waals surface area contributed by atoms with Crippen LogP contribution >= 0.6 is 0 Å². The summed E-state index contributed by atoms with van der Waals surface area (Å²) in [5.41, 5.74) is 5.90. The lowest BCUT2D eigenvalue weighted by atomic mass is 9.92. The number of carbonyl (C=O) groups is 1. The van der Waals surface area contributed by atoms with Gasteiger partial charge in [-0.1, -0.05) is 0 Å². The lowest BCUT2D eigenvalue weighted by Gasteiger charge is -2.33. The third-order valence-corrected chi connectivity index (χ3v) is 3.01. The van der Waals surface area contributed by atoms with Crippen LogP contribution in [-0.2, 0) is 9.53 Å². The van der Waals surface area contributed by atoms with Crippen LogP contribution in [-0.4, -0.2) is 42.6 Å². The van der Waals surface area contributed by atoms with E-state index in [4.69, 9.17) is 10.5 Å². The summed E-state index contributed by atoms with van der Waals surface area (Å²) in [6.07, 6.45) is 2.27. The SMILES string of the molecule is CC(C)OC(=O)CN1CCCC(C(C)N)C1. The van der Waals surface area contributed by atoms with Gasteiger partial charge in [0.15, 0.2) is 0 Å². The molecular weight excluding hydrogens is 204 g/mol. The first kappa shape index (κ1) is 13.5. The molecule has 2 atom stereocenters. The molecule has 0 aromatic heterocycles. The molecule has 2 N–H and O–H groups in total. The molecule has 1 fully saturated rings. The van der Waals surface area contributed by atoms with Crippen molar-refractivity contribution in [3.63, 3.8) is 0 Å². The highest BCUT2D eigenvalue weighted by atomic mass is 16.5. The van der Waals surface area contributed by atoms with Crippen molar-refractivity contribution in [2.45, 2.75) is 45.8 Å². The van der Waals surface area contributed by atoms with Crippen LogP contribution in [0.5, 0.6) is 0 Å². The van der Waals surface area contributed by atoms with Crippen LogP contribution < -0.4 is 5.73 Å². The number of piperidine rings is 1. The van der Waals surface area contributed by atoms with E-state index in [9.17, 15) is 4.79 Å². The average molecular weight is 228 g/mol. The summed E-state index contributed by atoms with van der Waals surface area (Å²) >= 11 is 0. The average Bonchev–Trinajstić information content (AvgIpc) is 2.16. The molecular formula is C12H24N2O2. The highest BCUT2D eigenvalue weighted by Gasteiger charge is 2.24. The monoisotopic (exact) mass is 228 g/mol. The van der Waals surface area contributed by atoms with E-state index >= 15 is 0 Å². The maximum atomic E-state index is 11.5. The van der Waals surface area contributed by atoms with E-state index < -0.39 is 0 Å². The van der Waals surface area contributed by atoms with Gasteiger partial charge in [-0.25, -0.2) is 0 Å². The molecule has 0 radical (unpaired) electrons. The van der Waals surface area contributed by atoms with E-state index in [1.165, 1.54) is 6.42 Å². The molecule has 0 spiro atoms. The second-order valence-corrected chi connectivity index (χ2v) is 5.04. The first-order chi connectivity index (χ1) is 7.49. The van der Waals surface area contributed by atoms with Crippen molar-refractivity contribution >= 4 is 5.97 Å². The molecule has 94 valence electrons. The van der Waals surface area contributed by atoms with Crippen molar-refractivity contribution in [2.75, 3.05) is 19.6 Å². The summed E-state index contributed by atoms with van der Waals surface area (Å²) in [6, 6.07) is 0.212. The molecule has 0 aromatic carbocycles. The van der Waals surface area contributed by atoms with E-state index in [0.717, 1.165) is 19.5 Å². The number of carbonyl (C=O) groups excluding carboxylic acids is 1. The van der Waals surface area contributed by atoms with Gasteiger partial charge in [0.1, 0.15) is 0 Å². The molecule has 1 aliphatic heterocycles. The van der Waals surface area contributed by atoms with Crippen molar-refractivity contribution in [2.24, 2.45) is 11.7 Å². The Morgan fingerprint density at radius 3 is 2.75 bits per heavy atom. The quantitative estimate of drug-likeness (QED) is 0.729. The number of nitrogens with zero attached hydrogens (tertiary/aromatic N) is 1. The number of hydrogen-bond acceptors (Lipinski definition) is 4. The zero-order valence-electron chi connectivity index (χ0n) is 10.6. The van der Waals surface area contributed by atoms with Crippen molar-refractivity contribution in [1.29, 1.82) is 0 Å². The van der Waals surface area contributed by atoms with Crippen LogP contribution in [0.4, 0.5) is 0 Å². The first-order valence-electron chi connectivity index (χ1n) is 6.16. The molecule has 16 heavy (non-hydrogen) atoms. The minimum absolute atomic E-state index is 0.0264. The second-order valence-electron chi connectivity index (χ2n) is 5.04. The number of likely N-dealkylation sites (tertiary alicyclic amines) is 1. The van der Waals surface area contributed by atoms with Crippen LogP contribution in [0.3, 0.4) is 0 Å². The lowest BCUT2D eigenvalue weighted by molar-refractivity contribution is -0.149. The second kappa shape index (κ2) is 6.21. The summed E-state index contributed by atoms with van der Waals surface area (Å²) in [7, 11) is 0. The first-order valence-corrected chi connectivity index (χ1v) is 6.16. The van der Waals surface area contributed by atoms with Gasteiger partial charge in [0.05, 0.1) is 12.6 Å². The predicted octanol–water partition coefficient (Wildman–Crippen LogP) is 0.997. The highest BCUT2D eigenvalue weighted by molar-refractivity contribution is 5.71. The van der Waals surface area contributed by atoms with Crippen molar-refractivity contribution in [1.82, 2.24) is 4.90 Å². The van der Waals surface area contributed by atoms with Crippen LogP contribution in [0.2, 0.25) is 0 Å². The summed E-state index contributed by atoms with van der Waals surface area (Å²) in [5.74, 6) is 0.390. The van der Waals surface area contributed by atoms with Crippen LogP contribution in [0.1, 0.15) is 33.6 Å². The zero-order chi connectivity index (χ0) is 12.1. The fourth-order valence-corrected chi connectivity index (χ4v) is 2.15. The molecule has 2 unspecified atom stereocenters. The topological polar surface area (TPSA) is 55.6 Å². The zero-order valence-corrected chi connectivity index (χ0v) is 10.6. The van der Waals surface area contributed by atoms with E-state index in [-0.39, 0.29) is 18.1 Å². The minimum Gasteiger partial charge on any atom is -0.462 e. The van der Waals surface area contributed by atoms with Crippen molar-refractivity contribution < 1.29 is 9.53 Å². The normalized spacial score (nSPS) is 24.4. The third kappa shape index (κ3) is 4.49. The van der Waals surface area contributed by atoms with E-state index in [2.05, 4.69) is 4.90 Å². The Morgan fingerprint density at radius 2 is 2.19 bits per heavy atom. The molecule has 4 heteroatoms.